The van der Waals surface area contributed by atoms with E-state index in [0.29, 0.717) is 22.5 Å². The van der Waals surface area contributed by atoms with Gasteiger partial charge >= 0.3 is 0 Å². The standard InChI is InChI=1S/C14H21N5O2S2/c1-4-15-14-18-10(2)9-12(19-14)16-7-8-17-23(20,21)13-6-5-11(3)22-13/h5-6,9,17H,4,7-8H2,1-3H3,(H2,15,16,18,19). The molecule has 7 nitrogen and oxygen atoms in total. The van der Waals surface area contributed by atoms with Gasteiger partial charge in [-0.1, -0.05) is 0 Å². The van der Waals surface area contributed by atoms with Gasteiger partial charge in [0.15, 0.2) is 0 Å². The quantitative estimate of drug-likeness (QED) is 0.627. The Hall–Kier alpha value is -1.71. The van der Waals surface area contributed by atoms with Crippen LogP contribution in [0.2, 0.25) is 0 Å². The lowest BCUT2D eigenvalue weighted by atomic mass is 10.4. The molecule has 0 saturated heterocycles. The van der Waals surface area contributed by atoms with Gasteiger partial charge in [-0.05, 0) is 32.9 Å². The maximum atomic E-state index is 12.1. The molecule has 0 spiro atoms. The van der Waals surface area contributed by atoms with Gasteiger partial charge in [-0.3, -0.25) is 0 Å². The smallest absolute Gasteiger partial charge is 0.250 e. The van der Waals surface area contributed by atoms with Gasteiger partial charge in [0, 0.05) is 36.3 Å². The molecule has 23 heavy (non-hydrogen) atoms. The lowest BCUT2D eigenvalue weighted by Gasteiger charge is -2.09. The van der Waals surface area contributed by atoms with Crippen LogP contribution < -0.4 is 15.4 Å². The Morgan fingerprint density at radius 1 is 1.13 bits per heavy atom. The molecule has 0 unspecified atom stereocenters. The molecular weight excluding hydrogens is 334 g/mol. The maximum Gasteiger partial charge on any atom is 0.250 e. The van der Waals surface area contributed by atoms with Crippen molar-refractivity contribution in [3.05, 3.63) is 28.8 Å². The Morgan fingerprint density at radius 2 is 1.91 bits per heavy atom. The van der Waals surface area contributed by atoms with E-state index in [0.717, 1.165) is 17.1 Å². The van der Waals surface area contributed by atoms with Crippen molar-refractivity contribution in [3.8, 4) is 0 Å². The zero-order valence-electron chi connectivity index (χ0n) is 13.4. The molecule has 0 aliphatic rings. The van der Waals surface area contributed by atoms with Crippen molar-refractivity contribution in [1.29, 1.82) is 0 Å². The zero-order chi connectivity index (χ0) is 16.9. The predicted octanol–water partition coefficient (Wildman–Crippen LogP) is 1.98. The van der Waals surface area contributed by atoms with E-state index < -0.39 is 10.0 Å². The summed E-state index contributed by atoms with van der Waals surface area (Å²) in [7, 11) is -3.44. The highest BCUT2D eigenvalue weighted by molar-refractivity contribution is 7.91. The molecule has 2 rings (SSSR count). The van der Waals surface area contributed by atoms with Crippen LogP contribution >= 0.6 is 11.3 Å². The van der Waals surface area contributed by atoms with Gasteiger partial charge in [-0.25, -0.2) is 18.1 Å². The number of rotatable bonds is 8. The highest BCUT2D eigenvalue weighted by atomic mass is 32.2. The Morgan fingerprint density at radius 3 is 2.57 bits per heavy atom. The second kappa shape index (κ2) is 7.71. The maximum absolute atomic E-state index is 12.1. The Bertz CT molecular complexity index is 758. The number of anilines is 2. The minimum absolute atomic E-state index is 0.277. The third kappa shape index (κ3) is 5.15. The van der Waals surface area contributed by atoms with E-state index in [1.165, 1.54) is 11.3 Å². The second-order valence-corrected chi connectivity index (χ2v) is 8.22. The summed E-state index contributed by atoms with van der Waals surface area (Å²) in [5.41, 5.74) is 0.841. The molecule has 2 aromatic heterocycles. The fourth-order valence-electron chi connectivity index (χ4n) is 1.90. The molecule has 9 heteroatoms. The molecule has 3 N–H and O–H groups in total. The van der Waals surface area contributed by atoms with Crippen LogP contribution in [0.3, 0.4) is 0 Å². The van der Waals surface area contributed by atoms with Crippen LogP contribution in [-0.2, 0) is 10.0 Å². The number of nitrogens with one attached hydrogen (secondary N) is 3. The molecule has 0 fully saturated rings. The Balaban J connectivity index is 1.88. The average molecular weight is 355 g/mol. The zero-order valence-corrected chi connectivity index (χ0v) is 15.0. The first-order valence-corrected chi connectivity index (χ1v) is 9.60. The van der Waals surface area contributed by atoms with Gasteiger partial charge in [0.1, 0.15) is 10.0 Å². The molecular formula is C14H21N5O2S2. The average Bonchev–Trinajstić information content (AvgIpc) is 2.91. The Labute approximate surface area is 140 Å². The number of aromatic nitrogens is 2. The number of nitrogens with zero attached hydrogens (tertiary/aromatic N) is 2. The topological polar surface area (TPSA) is 96.0 Å². The SMILES string of the molecule is CCNc1nc(C)cc(NCCNS(=O)(=O)c2ccc(C)s2)n1. The fraction of sp³-hybridized carbons (Fsp3) is 0.429. The van der Waals surface area contributed by atoms with Crippen LogP contribution in [-0.4, -0.2) is 38.0 Å². The molecule has 0 radical (unpaired) electrons. The number of hydrogen-bond donors (Lipinski definition) is 3. The van der Waals surface area contributed by atoms with Crippen LogP contribution in [0, 0.1) is 13.8 Å². The lowest BCUT2D eigenvalue weighted by molar-refractivity contribution is 0.585. The molecule has 0 amide bonds. The predicted molar refractivity (Wildman–Crippen MR) is 93.7 cm³/mol. The van der Waals surface area contributed by atoms with Gasteiger partial charge in [0.25, 0.3) is 0 Å². The summed E-state index contributed by atoms with van der Waals surface area (Å²) >= 11 is 1.26. The summed E-state index contributed by atoms with van der Waals surface area (Å²) in [6, 6.07) is 5.23. The van der Waals surface area contributed by atoms with Gasteiger partial charge in [-0.15, -0.1) is 11.3 Å². The minimum Gasteiger partial charge on any atom is -0.369 e. The van der Waals surface area contributed by atoms with Gasteiger partial charge < -0.3 is 10.6 Å². The molecule has 0 aliphatic carbocycles. The summed E-state index contributed by atoms with van der Waals surface area (Å²) < 4.78 is 27.1. The summed E-state index contributed by atoms with van der Waals surface area (Å²) in [5.74, 6) is 1.23. The van der Waals surface area contributed by atoms with Gasteiger partial charge in [0.2, 0.25) is 16.0 Å². The molecule has 2 aromatic rings. The van der Waals surface area contributed by atoms with Crippen LogP contribution in [0.5, 0.6) is 0 Å². The number of thiophene rings is 1. The third-order valence-corrected chi connectivity index (χ3v) is 5.85. The van der Waals surface area contributed by atoms with Crippen molar-refractivity contribution in [2.24, 2.45) is 0 Å². The molecule has 126 valence electrons. The summed E-state index contributed by atoms with van der Waals surface area (Å²) in [5, 5.41) is 6.15. The van der Waals surface area contributed by atoms with Crippen LogP contribution in [0.25, 0.3) is 0 Å². The van der Waals surface area contributed by atoms with E-state index in [1.54, 1.807) is 12.1 Å². The fourth-order valence-corrected chi connectivity index (χ4v) is 4.26. The van der Waals surface area contributed by atoms with E-state index in [4.69, 9.17) is 0 Å². The number of hydrogen-bond acceptors (Lipinski definition) is 7. The van der Waals surface area contributed by atoms with E-state index in [1.807, 2.05) is 26.8 Å². The molecule has 2 heterocycles. The van der Waals surface area contributed by atoms with Crippen LogP contribution in [0.15, 0.2) is 22.4 Å². The normalized spacial score (nSPS) is 11.4. The van der Waals surface area contributed by atoms with E-state index >= 15 is 0 Å². The Kier molecular flexibility index (Phi) is 5.91. The highest BCUT2D eigenvalue weighted by Gasteiger charge is 2.15. The molecule has 0 saturated carbocycles. The third-order valence-electron chi connectivity index (χ3n) is 2.89. The molecule has 0 aliphatic heterocycles. The number of aryl methyl sites for hydroxylation is 2. The van der Waals surface area contributed by atoms with Crippen molar-refractivity contribution in [2.45, 2.75) is 25.0 Å². The van der Waals surface area contributed by atoms with Gasteiger partial charge in [-0.2, -0.15) is 4.98 Å². The van der Waals surface area contributed by atoms with Gasteiger partial charge in [0.05, 0.1) is 0 Å². The monoisotopic (exact) mass is 355 g/mol. The summed E-state index contributed by atoms with van der Waals surface area (Å²) in [6.07, 6.45) is 0. The van der Waals surface area contributed by atoms with Crippen molar-refractivity contribution < 1.29 is 8.42 Å². The molecule has 0 bridgehead atoms. The first-order valence-electron chi connectivity index (χ1n) is 7.30. The second-order valence-electron chi connectivity index (χ2n) is 4.94. The van der Waals surface area contributed by atoms with Crippen LogP contribution in [0.4, 0.5) is 11.8 Å². The van der Waals surface area contributed by atoms with E-state index in [2.05, 4.69) is 25.3 Å². The highest BCUT2D eigenvalue weighted by Crippen LogP contribution is 2.20. The summed E-state index contributed by atoms with van der Waals surface area (Å²) in [6.45, 7) is 7.19. The van der Waals surface area contributed by atoms with Crippen molar-refractivity contribution >= 4 is 33.1 Å². The largest absolute Gasteiger partial charge is 0.369 e. The first kappa shape index (κ1) is 17.6. The number of sulfonamides is 1. The molecule has 0 aromatic carbocycles. The van der Waals surface area contributed by atoms with Crippen LogP contribution in [0.1, 0.15) is 17.5 Å². The lowest BCUT2D eigenvalue weighted by Crippen LogP contribution is -2.28. The first-order chi connectivity index (χ1) is 10.9. The molecule has 0 atom stereocenters. The van der Waals surface area contributed by atoms with Crippen molar-refractivity contribution in [1.82, 2.24) is 14.7 Å². The minimum atomic E-state index is -3.44. The summed E-state index contributed by atoms with van der Waals surface area (Å²) in [4.78, 5) is 9.54. The van der Waals surface area contributed by atoms with E-state index in [-0.39, 0.29) is 6.54 Å². The van der Waals surface area contributed by atoms with E-state index in [9.17, 15) is 8.42 Å². The van der Waals surface area contributed by atoms with Crippen molar-refractivity contribution in [2.75, 3.05) is 30.3 Å². The van der Waals surface area contributed by atoms with Crippen molar-refractivity contribution in [3.63, 3.8) is 0 Å².